The summed E-state index contributed by atoms with van der Waals surface area (Å²) in [4.78, 5) is 9.67. The molecule has 2 N–H and O–H groups in total. The Bertz CT molecular complexity index is 381. The second kappa shape index (κ2) is 6.79. The van der Waals surface area contributed by atoms with Gasteiger partial charge in [0.25, 0.3) is 0 Å². The zero-order chi connectivity index (χ0) is 13.8. The van der Waals surface area contributed by atoms with Crippen molar-refractivity contribution in [2.45, 2.75) is 33.4 Å². The second-order valence-electron chi connectivity index (χ2n) is 5.94. The summed E-state index contributed by atoms with van der Waals surface area (Å²) in [6.45, 7) is 13.4. The molecule has 1 fully saturated rings. The number of rotatable bonds is 5. The molecular formula is C14H26N4S. The standard InChI is InChI=1S/C14H26N4S/c1-11(2)8-17-4-6-18(7-5-17)9-13-10-19-14(16-13)12(3)15/h10-12H,4-9,15H2,1-3H3. The van der Waals surface area contributed by atoms with Crippen molar-refractivity contribution < 1.29 is 0 Å². The molecule has 1 atom stereocenters. The van der Waals surface area contributed by atoms with Crippen LogP contribution < -0.4 is 5.73 Å². The van der Waals surface area contributed by atoms with Gasteiger partial charge in [0, 0.05) is 44.6 Å². The Morgan fingerprint density at radius 3 is 2.37 bits per heavy atom. The molecule has 0 aromatic carbocycles. The van der Waals surface area contributed by atoms with E-state index in [0.717, 1.165) is 30.6 Å². The third-order valence-electron chi connectivity index (χ3n) is 3.43. The first-order chi connectivity index (χ1) is 9.04. The first kappa shape index (κ1) is 14.9. The van der Waals surface area contributed by atoms with Gasteiger partial charge in [-0.1, -0.05) is 13.8 Å². The third kappa shape index (κ3) is 4.53. The topological polar surface area (TPSA) is 45.4 Å². The van der Waals surface area contributed by atoms with Gasteiger partial charge in [0.15, 0.2) is 0 Å². The molecular weight excluding hydrogens is 256 g/mol. The Morgan fingerprint density at radius 1 is 1.21 bits per heavy atom. The third-order valence-corrected chi connectivity index (χ3v) is 4.53. The molecule has 5 heteroatoms. The number of aromatic nitrogens is 1. The van der Waals surface area contributed by atoms with Gasteiger partial charge in [-0.05, 0) is 12.8 Å². The van der Waals surface area contributed by atoms with Crippen molar-refractivity contribution in [3.05, 3.63) is 16.1 Å². The van der Waals surface area contributed by atoms with E-state index in [-0.39, 0.29) is 6.04 Å². The lowest BCUT2D eigenvalue weighted by Gasteiger charge is -2.35. The van der Waals surface area contributed by atoms with Crippen LogP contribution in [0.2, 0.25) is 0 Å². The summed E-state index contributed by atoms with van der Waals surface area (Å²) in [5.41, 5.74) is 7.03. The van der Waals surface area contributed by atoms with Gasteiger partial charge in [0.2, 0.25) is 0 Å². The number of nitrogens with two attached hydrogens (primary N) is 1. The summed E-state index contributed by atoms with van der Waals surface area (Å²) >= 11 is 1.68. The van der Waals surface area contributed by atoms with Gasteiger partial charge in [-0.3, -0.25) is 4.90 Å². The highest BCUT2D eigenvalue weighted by molar-refractivity contribution is 7.09. The van der Waals surface area contributed by atoms with Crippen LogP contribution in [0, 0.1) is 5.92 Å². The van der Waals surface area contributed by atoms with E-state index in [0.29, 0.717) is 0 Å². The van der Waals surface area contributed by atoms with Crippen LogP contribution in [0.4, 0.5) is 0 Å². The Kier molecular flexibility index (Phi) is 5.33. The van der Waals surface area contributed by atoms with Crippen molar-refractivity contribution in [3.63, 3.8) is 0 Å². The minimum atomic E-state index is 0.0571. The summed E-state index contributed by atoms with van der Waals surface area (Å²) in [6.07, 6.45) is 0. The fourth-order valence-corrected chi connectivity index (χ4v) is 3.25. The van der Waals surface area contributed by atoms with E-state index in [4.69, 9.17) is 5.73 Å². The smallest absolute Gasteiger partial charge is 0.109 e. The van der Waals surface area contributed by atoms with Crippen LogP contribution in [-0.4, -0.2) is 47.5 Å². The maximum Gasteiger partial charge on any atom is 0.109 e. The molecule has 1 saturated heterocycles. The van der Waals surface area contributed by atoms with E-state index < -0.39 is 0 Å². The predicted molar refractivity (Wildman–Crippen MR) is 81.3 cm³/mol. The summed E-state index contributed by atoms with van der Waals surface area (Å²) < 4.78 is 0. The summed E-state index contributed by atoms with van der Waals surface area (Å²) in [5.74, 6) is 0.763. The summed E-state index contributed by atoms with van der Waals surface area (Å²) in [7, 11) is 0. The van der Waals surface area contributed by atoms with Crippen LogP contribution in [0.1, 0.15) is 37.5 Å². The van der Waals surface area contributed by atoms with Gasteiger partial charge >= 0.3 is 0 Å². The fourth-order valence-electron chi connectivity index (χ4n) is 2.48. The van der Waals surface area contributed by atoms with Crippen LogP contribution in [-0.2, 0) is 6.54 Å². The molecule has 1 aliphatic heterocycles. The first-order valence-corrected chi connectivity index (χ1v) is 8.07. The molecule has 1 aromatic rings. The highest BCUT2D eigenvalue weighted by atomic mass is 32.1. The van der Waals surface area contributed by atoms with Gasteiger partial charge in [0.1, 0.15) is 5.01 Å². The average Bonchev–Trinajstić information content (AvgIpc) is 2.80. The van der Waals surface area contributed by atoms with E-state index in [1.807, 2.05) is 6.92 Å². The van der Waals surface area contributed by atoms with E-state index in [1.54, 1.807) is 11.3 Å². The Balaban J connectivity index is 1.78. The van der Waals surface area contributed by atoms with Crippen LogP contribution in [0.25, 0.3) is 0 Å². The summed E-state index contributed by atoms with van der Waals surface area (Å²) in [5, 5.41) is 3.20. The fraction of sp³-hybridized carbons (Fsp3) is 0.786. The van der Waals surface area contributed by atoms with Crippen LogP contribution >= 0.6 is 11.3 Å². The Hall–Kier alpha value is -0.490. The van der Waals surface area contributed by atoms with Gasteiger partial charge in [-0.25, -0.2) is 4.98 Å². The lowest BCUT2D eigenvalue weighted by molar-refractivity contribution is 0.116. The van der Waals surface area contributed by atoms with E-state index in [9.17, 15) is 0 Å². The Morgan fingerprint density at radius 2 is 1.84 bits per heavy atom. The lowest BCUT2D eigenvalue weighted by atomic mass is 10.2. The SMILES string of the molecule is CC(C)CN1CCN(Cc2csc(C(C)N)n2)CC1. The molecule has 2 heterocycles. The van der Waals surface area contributed by atoms with Crippen LogP contribution in [0.3, 0.4) is 0 Å². The van der Waals surface area contributed by atoms with Gasteiger partial charge in [-0.15, -0.1) is 11.3 Å². The molecule has 1 unspecified atom stereocenters. The van der Waals surface area contributed by atoms with Gasteiger partial charge in [0.05, 0.1) is 11.7 Å². The van der Waals surface area contributed by atoms with E-state index in [1.165, 1.54) is 25.3 Å². The molecule has 2 rings (SSSR count). The molecule has 0 radical (unpaired) electrons. The molecule has 4 nitrogen and oxygen atoms in total. The minimum absolute atomic E-state index is 0.0571. The maximum atomic E-state index is 5.85. The predicted octanol–water partition coefficient (Wildman–Crippen LogP) is 1.94. The number of hydrogen-bond donors (Lipinski definition) is 1. The monoisotopic (exact) mass is 282 g/mol. The second-order valence-corrected chi connectivity index (χ2v) is 6.83. The van der Waals surface area contributed by atoms with Crippen molar-refractivity contribution >= 4 is 11.3 Å². The highest BCUT2D eigenvalue weighted by Crippen LogP contribution is 2.17. The van der Waals surface area contributed by atoms with Crippen LogP contribution in [0.5, 0.6) is 0 Å². The van der Waals surface area contributed by atoms with E-state index in [2.05, 4.69) is 34.0 Å². The molecule has 0 saturated carbocycles. The van der Waals surface area contributed by atoms with Crippen molar-refractivity contribution in [1.29, 1.82) is 0 Å². The molecule has 0 spiro atoms. The average molecular weight is 282 g/mol. The zero-order valence-electron chi connectivity index (χ0n) is 12.3. The molecule has 0 aliphatic carbocycles. The van der Waals surface area contributed by atoms with Crippen molar-refractivity contribution in [1.82, 2.24) is 14.8 Å². The van der Waals surface area contributed by atoms with E-state index >= 15 is 0 Å². The summed E-state index contributed by atoms with van der Waals surface area (Å²) in [6, 6.07) is 0.0571. The molecule has 0 amide bonds. The van der Waals surface area contributed by atoms with Crippen molar-refractivity contribution in [2.24, 2.45) is 11.7 Å². The van der Waals surface area contributed by atoms with Gasteiger partial charge in [-0.2, -0.15) is 0 Å². The molecule has 0 bridgehead atoms. The number of nitrogens with zero attached hydrogens (tertiary/aromatic N) is 3. The zero-order valence-corrected chi connectivity index (χ0v) is 13.1. The molecule has 1 aromatic heterocycles. The number of thiazole rings is 1. The van der Waals surface area contributed by atoms with Gasteiger partial charge < -0.3 is 10.6 Å². The molecule has 1 aliphatic rings. The normalized spacial score (nSPS) is 20.1. The number of hydrogen-bond acceptors (Lipinski definition) is 5. The first-order valence-electron chi connectivity index (χ1n) is 7.19. The van der Waals surface area contributed by atoms with Crippen LogP contribution in [0.15, 0.2) is 5.38 Å². The quantitative estimate of drug-likeness (QED) is 0.896. The Labute approximate surface area is 120 Å². The lowest BCUT2D eigenvalue weighted by Crippen LogP contribution is -2.46. The maximum absolute atomic E-state index is 5.85. The van der Waals surface area contributed by atoms with Crippen molar-refractivity contribution in [3.8, 4) is 0 Å². The molecule has 19 heavy (non-hydrogen) atoms. The largest absolute Gasteiger partial charge is 0.322 e. The highest BCUT2D eigenvalue weighted by Gasteiger charge is 2.18. The molecule has 108 valence electrons. The minimum Gasteiger partial charge on any atom is -0.322 e. The van der Waals surface area contributed by atoms with Crippen molar-refractivity contribution in [2.75, 3.05) is 32.7 Å². The number of piperazine rings is 1.